The molecule has 1 aromatic carbocycles. The number of hydrogen-bond acceptors (Lipinski definition) is 5. The minimum absolute atomic E-state index is 0.0640. The zero-order valence-corrected chi connectivity index (χ0v) is 14.1. The Hall–Kier alpha value is -2.67. The average Bonchev–Trinajstić information content (AvgIpc) is 3.15. The van der Waals surface area contributed by atoms with Crippen LogP contribution in [0, 0.1) is 13.8 Å². The van der Waals surface area contributed by atoms with Crippen LogP contribution < -0.4 is 4.74 Å². The molecule has 0 fully saturated rings. The van der Waals surface area contributed by atoms with E-state index < -0.39 is 6.61 Å². The van der Waals surface area contributed by atoms with Gasteiger partial charge in [0.2, 0.25) is 0 Å². The van der Waals surface area contributed by atoms with Gasteiger partial charge < -0.3 is 13.6 Å². The lowest BCUT2D eigenvalue weighted by Crippen LogP contribution is -2.01. The molecule has 2 heterocycles. The van der Waals surface area contributed by atoms with Gasteiger partial charge in [0.1, 0.15) is 22.3 Å². The van der Waals surface area contributed by atoms with E-state index in [0.717, 1.165) is 5.76 Å². The van der Waals surface area contributed by atoms with Gasteiger partial charge in [-0.15, -0.1) is 10.2 Å². The van der Waals surface area contributed by atoms with Gasteiger partial charge in [-0.3, -0.25) is 0 Å². The van der Waals surface area contributed by atoms with Crippen molar-refractivity contribution >= 4 is 22.7 Å². The van der Waals surface area contributed by atoms with Crippen LogP contribution in [0.4, 0.5) is 8.78 Å². The summed E-state index contributed by atoms with van der Waals surface area (Å²) in [6, 6.07) is 7.80. The van der Waals surface area contributed by atoms with Gasteiger partial charge in [0.05, 0.1) is 5.56 Å². The zero-order valence-electron chi connectivity index (χ0n) is 13.3. The van der Waals surface area contributed by atoms with E-state index in [2.05, 4.69) is 14.9 Å². The molecule has 130 valence electrons. The highest BCUT2D eigenvalue weighted by molar-refractivity contribution is 6.50. The summed E-state index contributed by atoms with van der Waals surface area (Å²) in [5.41, 5.74) is 1.37. The van der Waals surface area contributed by atoms with Crippen molar-refractivity contribution in [2.45, 2.75) is 20.5 Å². The molecular weight excluding hydrogens is 354 g/mol. The minimum Gasteiger partial charge on any atom is -0.466 e. The summed E-state index contributed by atoms with van der Waals surface area (Å²) in [7, 11) is 0. The maximum Gasteiger partial charge on any atom is 0.387 e. The second-order valence-electron chi connectivity index (χ2n) is 5.18. The SMILES string of the molecule is Cc1cc(-c2nnc(/C(Cl)=C/c3ccc(OC(F)F)cc3)o2)c(C)o1. The summed E-state index contributed by atoms with van der Waals surface area (Å²) < 4.78 is 39.6. The first-order valence-corrected chi connectivity index (χ1v) is 7.63. The van der Waals surface area contributed by atoms with Crippen LogP contribution in [0.1, 0.15) is 23.0 Å². The summed E-state index contributed by atoms with van der Waals surface area (Å²) >= 11 is 6.20. The molecule has 3 rings (SSSR count). The standard InChI is InChI=1S/C17H13ClF2N2O3/c1-9-7-13(10(2)23-9)15-21-22-16(25-15)14(18)8-11-3-5-12(6-4-11)24-17(19)20/h3-8,17H,1-2H3/b14-8-. The van der Waals surface area contributed by atoms with E-state index in [0.29, 0.717) is 22.8 Å². The molecule has 0 amide bonds. The van der Waals surface area contributed by atoms with Crippen molar-refractivity contribution in [3.05, 3.63) is 53.3 Å². The minimum atomic E-state index is -2.86. The lowest BCUT2D eigenvalue weighted by atomic mass is 10.2. The third-order valence-corrected chi connectivity index (χ3v) is 3.57. The number of halogens is 3. The number of hydrogen-bond donors (Lipinski definition) is 0. The van der Waals surface area contributed by atoms with Gasteiger partial charge in [-0.05, 0) is 43.7 Å². The zero-order chi connectivity index (χ0) is 18.0. The van der Waals surface area contributed by atoms with E-state index in [1.54, 1.807) is 31.2 Å². The quantitative estimate of drug-likeness (QED) is 0.614. The highest BCUT2D eigenvalue weighted by atomic mass is 35.5. The summed E-state index contributed by atoms with van der Waals surface area (Å²) in [5.74, 6) is 1.91. The Balaban J connectivity index is 1.80. The molecule has 0 aliphatic rings. The fraction of sp³-hybridized carbons (Fsp3) is 0.176. The Morgan fingerprint density at radius 3 is 2.48 bits per heavy atom. The van der Waals surface area contributed by atoms with Crippen LogP contribution in [-0.2, 0) is 0 Å². The molecule has 2 aromatic heterocycles. The first-order valence-electron chi connectivity index (χ1n) is 7.26. The topological polar surface area (TPSA) is 61.3 Å². The van der Waals surface area contributed by atoms with Crippen molar-refractivity contribution in [1.82, 2.24) is 10.2 Å². The van der Waals surface area contributed by atoms with Crippen molar-refractivity contribution in [3.63, 3.8) is 0 Å². The maximum absolute atomic E-state index is 12.1. The molecule has 0 N–H and O–H groups in total. The van der Waals surface area contributed by atoms with Crippen LogP contribution >= 0.6 is 11.6 Å². The van der Waals surface area contributed by atoms with Gasteiger partial charge >= 0.3 is 6.61 Å². The number of ether oxygens (including phenoxy) is 1. The van der Waals surface area contributed by atoms with Crippen molar-refractivity contribution in [3.8, 4) is 17.2 Å². The molecule has 5 nitrogen and oxygen atoms in total. The predicted octanol–water partition coefficient (Wildman–Crippen LogP) is 5.28. The summed E-state index contributed by atoms with van der Waals surface area (Å²) in [5, 5.41) is 8.10. The highest BCUT2D eigenvalue weighted by Crippen LogP contribution is 2.29. The molecule has 0 atom stereocenters. The molecule has 0 saturated heterocycles. The Kier molecular flexibility index (Phi) is 4.85. The highest BCUT2D eigenvalue weighted by Gasteiger charge is 2.16. The molecule has 0 bridgehead atoms. The Bertz CT molecular complexity index is 901. The number of aryl methyl sites for hydroxylation is 2. The second-order valence-corrected chi connectivity index (χ2v) is 5.59. The maximum atomic E-state index is 12.1. The molecule has 0 aliphatic heterocycles. The van der Waals surface area contributed by atoms with E-state index in [-0.39, 0.29) is 16.7 Å². The molecule has 8 heteroatoms. The molecule has 25 heavy (non-hydrogen) atoms. The summed E-state index contributed by atoms with van der Waals surface area (Å²) in [6.07, 6.45) is 1.58. The van der Waals surface area contributed by atoms with Crippen LogP contribution in [0.2, 0.25) is 0 Å². The van der Waals surface area contributed by atoms with Crippen LogP contribution in [0.3, 0.4) is 0 Å². The molecule has 3 aromatic rings. The lowest BCUT2D eigenvalue weighted by Gasteiger charge is -2.03. The van der Waals surface area contributed by atoms with Gasteiger partial charge in [0.25, 0.3) is 11.8 Å². The normalized spacial score (nSPS) is 12.0. The van der Waals surface area contributed by atoms with Crippen molar-refractivity contribution in [2.24, 2.45) is 0 Å². The molecule has 0 spiro atoms. The molecular formula is C17H13ClF2N2O3. The van der Waals surface area contributed by atoms with E-state index >= 15 is 0 Å². The first-order chi connectivity index (χ1) is 11.9. The van der Waals surface area contributed by atoms with E-state index in [4.69, 9.17) is 20.4 Å². The number of benzene rings is 1. The van der Waals surface area contributed by atoms with Crippen LogP contribution in [0.5, 0.6) is 5.75 Å². The number of rotatable bonds is 5. The van der Waals surface area contributed by atoms with Crippen molar-refractivity contribution in [2.75, 3.05) is 0 Å². The molecule has 0 unspecified atom stereocenters. The molecule has 0 saturated carbocycles. The van der Waals surface area contributed by atoms with Gasteiger partial charge in [-0.1, -0.05) is 23.7 Å². The van der Waals surface area contributed by atoms with Crippen molar-refractivity contribution in [1.29, 1.82) is 0 Å². The number of alkyl halides is 2. The van der Waals surface area contributed by atoms with Gasteiger partial charge in [-0.2, -0.15) is 8.78 Å². The fourth-order valence-corrected chi connectivity index (χ4v) is 2.43. The molecule has 0 aliphatic carbocycles. The van der Waals surface area contributed by atoms with E-state index in [9.17, 15) is 8.78 Å². The van der Waals surface area contributed by atoms with Gasteiger partial charge in [0, 0.05) is 0 Å². The van der Waals surface area contributed by atoms with Crippen LogP contribution in [0.15, 0.2) is 39.2 Å². The Morgan fingerprint density at radius 2 is 1.88 bits per heavy atom. The van der Waals surface area contributed by atoms with Crippen LogP contribution in [-0.4, -0.2) is 16.8 Å². The summed E-state index contributed by atoms with van der Waals surface area (Å²) in [6.45, 7) is 0.756. The summed E-state index contributed by atoms with van der Waals surface area (Å²) in [4.78, 5) is 0. The lowest BCUT2D eigenvalue weighted by molar-refractivity contribution is -0.0498. The van der Waals surface area contributed by atoms with Gasteiger partial charge in [0.15, 0.2) is 0 Å². The fourth-order valence-electron chi connectivity index (χ4n) is 2.23. The van der Waals surface area contributed by atoms with Crippen LogP contribution in [0.25, 0.3) is 22.6 Å². The largest absolute Gasteiger partial charge is 0.466 e. The van der Waals surface area contributed by atoms with Gasteiger partial charge in [-0.25, -0.2) is 0 Å². The predicted molar refractivity (Wildman–Crippen MR) is 88.3 cm³/mol. The smallest absolute Gasteiger partial charge is 0.387 e. The average molecular weight is 367 g/mol. The van der Waals surface area contributed by atoms with E-state index in [1.807, 2.05) is 6.92 Å². The Labute approximate surface area is 146 Å². The van der Waals surface area contributed by atoms with Crippen molar-refractivity contribution < 1.29 is 22.4 Å². The second kappa shape index (κ2) is 7.06. The monoisotopic (exact) mass is 366 g/mol. The third kappa shape index (κ3) is 4.06. The Morgan fingerprint density at radius 1 is 1.16 bits per heavy atom. The number of nitrogens with zero attached hydrogens (tertiary/aromatic N) is 2. The number of furan rings is 1. The van der Waals surface area contributed by atoms with E-state index in [1.165, 1.54) is 12.1 Å². The first kappa shape index (κ1) is 17.2. The molecule has 0 radical (unpaired) electrons. The third-order valence-electron chi connectivity index (χ3n) is 3.30. The number of aromatic nitrogens is 2.